The van der Waals surface area contributed by atoms with Gasteiger partial charge in [-0.2, -0.15) is 5.10 Å². The predicted molar refractivity (Wildman–Crippen MR) is 137 cm³/mol. The summed E-state index contributed by atoms with van der Waals surface area (Å²) in [5.41, 5.74) is 6.15. The smallest absolute Gasteiger partial charge is 0.407 e. The maximum atomic E-state index is 11.9. The maximum absolute atomic E-state index is 11.9. The van der Waals surface area contributed by atoms with E-state index in [1.165, 1.54) is 29.3 Å². The van der Waals surface area contributed by atoms with Crippen molar-refractivity contribution in [3.63, 3.8) is 0 Å². The Morgan fingerprint density at radius 2 is 1.89 bits per heavy atom. The Morgan fingerprint density at radius 3 is 2.46 bits per heavy atom. The van der Waals surface area contributed by atoms with Crippen molar-refractivity contribution < 1.29 is 22.7 Å². The molecule has 11 nitrogen and oxygen atoms in total. The number of amides is 1. The summed E-state index contributed by atoms with van der Waals surface area (Å²) >= 11 is 8.90. The number of carbonyl (C=O) groups is 1. The molecule has 0 aliphatic carbocycles. The Kier molecular flexibility index (Phi) is 8.19. The molecule has 0 bridgehead atoms. The van der Waals surface area contributed by atoms with Crippen LogP contribution in [0.3, 0.4) is 0 Å². The molecule has 0 spiro atoms. The molecule has 0 saturated heterocycles. The fourth-order valence-electron chi connectivity index (χ4n) is 3.12. The van der Waals surface area contributed by atoms with Crippen molar-refractivity contribution in [2.24, 2.45) is 5.73 Å². The predicted octanol–water partition coefficient (Wildman–Crippen LogP) is 2.42. The number of nitrogens with zero attached hydrogens (tertiary/aromatic N) is 4. The van der Waals surface area contributed by atoms with Gasteiger partial charge in [0, 0.05) is 35.6 Å². The Bertz CT molecular complexity index is 1310. The van der Waals surface area contributed by atoms with E-state index in [9.17, 15) is 13.2 Å². The molecule has 0 saturated carbocycles. The summed E-state index contributed by atoms with van der Waals surface area (Å²) in [7, 11) is -3.44. The number of alkyl carbamates (subject to hydrolysis) is 1. The Balaban J connectivity index is 1.82. The number of rotatable bonds is 8. The van der Waals surface area contributed by atoms with Crippen LogP contribution in [0.5, 0.6) is 5.88 Å². The number of carbonyl (C=O) groups excluding carboxylic acids is 1. The van der Waals surface area contributed by atoms with Crippen LogP contribution in [0.4, 0.5) is 4.79 Å². The molecular weight excluding hydrogens is 512 g/mol. The number of aromatic nitrogens is 4. The average Bonchev–Trinajstić information content (AvgIpc) is 3.15. The van der Waals surface area contributed by atoms with E-state index in [0.717, 1.165) is 6.26 Å². The second-order valence-electron chi connectivity index (χ2n) is 8.75. The van der Waals surface area contributed by atoms with Crippen LogP contribution in [0, 0.1) is 0 Å². The van der Waals surface area contributed by atoms with Crippen molar-refractivity contribution in [2.45, 2.75) is 53.6 Å². The number of hydrogen-bond donors (Lipinski definition) is 4. The molecule has 0 aliphatic rings. The summed E-state index contributed by atoms with van der Waals surface area (Å²) < 4.78 is 36.6. The van der Waals surface area contributed by atoms with Crippen LogP contribution in [0.15, 0.2) is 39.3 Å². The van der Waals surface area contributed by atoms with Crippen LogP contribution in [-0.2, 0) is 14.6 Å². The number of thiol groups is 2. The van der Waals surface area contributed by atoms with Crippen molar-refractivity contribution >= 4 is 52.2 Å². The molecule has 0 aliphatic heterocycles. The van der Waals surface area contributed by atoms with Gasteiger partial charge < -0.3 is 20.5 Å². The monoisotopic (exact) mass is 540 g/mol. The molecule has 3 N–H and O–H groups in total. The minimum absolute atomic E-state index is 0.0946. The standard InChI is InChI=1S/C21H28N6O5S3/c1-21(2,3)32-20(28)23-6-5-12(9-22)31-19-14-10-26-27(18(14)24-11-25-19)17-15(33)7-13(8-16(17)34)35(4,29)30/h7-8,10-12,33-34H,5-6,9,22H2,1-4H3,(H,23,28). The summed E-state index contributed by atoms with van der Waals surface area (Å²) in [4.78, 5) is 21.2. The van der Waals surface area contributed by atoms with Crippen molar-refractivity contribution in [1.29, 1.82) is 0 Å². The number of nitrogens with two attached hydrogens (primary N) is 1. The van der Waals surface area contributed by atoms with E-state index in [4.69, 9.17) is 15.2 Å². The largest absolute Gasteiger partial charge is 0.472 e. The topological polar surface area (TPSA) is 151 Å². The van der Waals surface area contributed by atoms with Crippen molar-refractivity contribution in [3.05, 3.63) is 24.7 Å². The highest BCUT2D eigenvalue weighted by molar-refractivity contribution is 7.90. The fraction of sp³-hybridized carbons (Fsp3) is 0.429. The lowest BCUT2D eigenvalue weighted by Gasteiger charge is -2.21. The summed E-state index contributed by atoms with van der Waals surface area (Å²) in [6.45, 7) is 5.83. The SMILES string of the molecule is CC(C)(C)OC(=O)NCCC(CN)Oc1ncnc2c1cnn2-c1c(S)cc(S(C)(=O)=O)cc1S. The van der Waals surface area contributed by atoms with E-state index >= 15 is 0 Å². The first-order valence-electron chi connectivity index (χ1n) is 10.6. The van der Waals surface area contributed by atoms with Gasteiger partial charge in [-0.15, -0.1) is 25.3 Å². The van der Waals surface area contributed by atoms with Crippen LogP contribution < -0.4 is 15.8 Å². The molecule has 190 valence electrons. The lowest BCUT2D eigenvalue weighted by Crippen LogP contribution is -2.36. The molecule has 2 aromatic heterocycles. The normalized spacial score (nSPS) is 13.0. The number of ether oxygens (including phenoxy) is 2. The van der Waals surface area contributed by atoms with Crippen LogP contribution in [0.25, 0.3) is 16.7 Å². The lowest BCUT2D eigenvalue weighted by atomic mass is 10.2. The van der Waals surface area contributed by atoms with Gasteiger partial charge in [-0.3, -0.25) is 0 Å². The summed E-state index contributed by atoms with van der Waals surface area (Å²) in [5, 5.41) is 7.56. The van der Waals surface area contributed by atoms with Gasteiger partial charge in [0.1, 0.15) is 23.4 Å². The molecule has 14 heteroatoms. The third-order valence-electron chi connectivity index (χ3n) is 4.69. The van der Waals surface area contributed by atoms with Gasteiger partial charge in [0.25, 0.3) is 0 Å². The minimum atomic E-state index is -3.44. The second-order valence-corrected chi connectivity index (χ2v) is 11.7. The van der Waals surface area contributed by atoms with Crippen molar-refractivity contribution in [1.82, 2.24) is 25.1 Å². The first kappa shape index (κ1) is 27.0. The molecular formula is C21H28N6O5S3. The van der Waals surface area contributed by atoms with Crippen molar-refractivity contribution in [2.75, 3.05) is 19.3 Å². The Hall–Kier alpha value is -2.55. The van der Waals surface area contributed by atoms with E-state index in [1.54, 1.807) is 20.8 Å². The molecule has 1 atom stereocenters. The highest BCUT2D eigenvalue weighted by Crippen LogP contribution is 2.32. The Labute approximate surface area is 214 Å². The van der Waals surface area contributed by atoms with Gasteiger partial charge in [-0.1, -0.05) is 0 Å². The summed E-state index contributed by atoms with van der Waals surface area (Å²) in [5.74, 6) is 0.267. The average molecular weight is 541 g/mol. The number of hydrogen-bond acceptors (Lipinski definition) is 11. The van der Waals surface area contributed by atoms with E-state index < -0.39 is 27.6 Å². The molecule has 2 heterocycles. The van der Waals surface area contributed by atoms with Gasteiger partial charge in [-0.05, 0) is 32.9 Å². The zero-order valence-corrected chi connectivity index (χ0v) is 22.3. The van der Waals surface area contributed by atoms with Crippen LogP contribution in [-0.4, -0.2) is 65.3 Å². The number of sulfone groups is 1. The van der Waals surface area contributed by atoms with E-state index in [2.05, 4.69) is 45.6 Å². The van der Waals surface area contributed by atoms with Gasteiger partial charge in [-0.25, -0.2) is 27.9 Å². The first-order valence-corrected chi connectivity index (χ1v) is 13.4. The van der Waals surface area contributed by atoms with E-state index in [1.807, 2.05) is 0 Å². The van der Waals surface area contributed by atoms with Gasteiger partial charge in [0.05, 0.1) is 16.8 Å². The highest BCUT2D eigenvalue weighted by Gasteiger charge is 2.21. The van der Waals surface area contributed by atoms with Gasteiger partial charge >= 0.3 is 6.09 Å². The van der Waals surface area contributed by atoms with Crippen LogP contribution >= 0.6 is 25.3 Å². The number of benzene rings is 1. The van der Waals surface area contributed by atoms with Crippen LogP contribution in [0.1, 0.15) is 27.2 Å². The summed E-state index contributed by atoms with van der Waals surface area (Å²) in [6, 6.07) is 2.86. The molecule has 3 rings (SSSR count). The molecule has 35 heavy (non-hydrogen) atoms. The zero-order valence-electron chi connectivity index (χ0n) is 19.7. The number of nitrogens with one attached hydrogen (secondary N) is 1. The first-order chi connectivity index (χ1) is 16.3. The third kappa shape index (κ3) is 6.78. The number of fused-ring (bicyclic) bond motifs is 1. The van der Waals surface area contributed by atoms with Gasteiger partial charge in [0.15, 0.2) is 15.5 Å². The molecule has 1 amide bonds. The maximum Gasteiger partial charge on any atom is 0.407 e. The quantitative estimate of drug-likeness (QED) is 0.316. The molecule has 0 fully saturated rings. The highest BCUT2D eigenvalue weighted by atomic mass is 32.2. The second kappa shape index (κ2) is 10.6. The summed E-state index contributed by atoms with van der Waals surface area (Å²) in [6.07, 6.45) is 3.42. The van der Waals surface area contributed by atoms with Crippen LogP contribution in [0.2, 0.25) is 0 Å². The van der Waals surface area contributed by atoms with E-state index in [0.29, 0.717) is 39.5 Å². The fourth-order valence-corrected chi connectivity index (χ4v) is 4.76. The van der Waals surface area contributed by atoms with E-state index in [-0.39, 0.29) is 17.3 Å². The minimum Gasteiger partial charge on any atom is -0.472 e. The molecule has 1 unspecified atom stereocenters. The van der Waals surface area contributed by atoms with Crippen molar-refractivity contribution in [3.8, 4) is 11.6 Å². The molecule has 0 radical (unpaired) electrons. The lowest BCUT2D eigenvalue weighted by molar-refractivity contribution is 0.0521. The van der Waals surface area contributed by atoms with Gasteiger partial charge in [0.2, 0.25) is 5.88 Å². The molecule has 1 aromatic carbocycles. The zero-order chi connectivity index (χ0) is 26.0. The Morgan fingerprint density at radius 1 is 1.23 bits per heavy atom. The molecule has 3 aromatic rings. The third-order valence-corrected chi connectivity index (χ3v) is 6.46.